The Morgan fingerprint density at radius 3 is 2.64 bits per heavy atom. The summed E-state index contributed by atoms with van der Waals surface area (Å²) >= 11 is 6.78. The van der Waals surface area contributed by atoms with Crippen LogP contribution in [-0.2, 0) is 23.2 Å². The minimum Gasteiger partial charge on any atom is -0.461 e. The molecule has 1 saturated carbocycles. The summed E-state index contributed by atoms with van der Waals surface area (Å²) in [7, 11) is 0. The summed E-state index contributed by atoms with van der Waals surface area (Å²) in [5, 5.41) is 16.8. The second kappa shape index (κ2) is 13.6. The Hall–Kier alpha value is -4.73. The first-order chi connectivity index (χ1) is 25.8. The van der Waals surface area contributed by atoms with E-state index in [9.17, 15) is 10.1 Å². The van der Waals surface area contributed by atoms with Crippen molar-refractivity contribution in [1.82, 2.24) is 29.9 Å². The second-order valence-electron chi connectivity index (χ2n) is 15.6. The maximum atomic E-state index is 13.5. The van der Waals surface area contributed by atoms with Crippen LogP contribution in [0.4, 0.5) is 11.5 Å². The molecular weight excluding hydrogens is 690 g/mol. The molecule has 9 rings (SSSR count). The lowest BCUT2D eigenvalue weighted by Crippen LogP contribution is -2.55. The van der Waals surface area contributed by atoms with Gasteiger partial charge in [-0.3, -0.25) is 9.69 Å². The average Bonchev–Trinajstić information content (AvgIpc) is 3.48. The first-order valence-corrected chi connectivity index (χ1v) is 19.3. The van der Waals surface area contributed by atoms with Crippen LogP contribution in [-0.4, -0.2) is 93.3 Å². The number of carbonyl (C=O) groups excluding carboxylic acids is 1. The second-order valence-corrected chi connectivity index (χ2v) is 16.0. The number of ether oxygens (including phenoxy) is 1. The van der Waals surface area contributed by atoms with Gasteiger partial charge in [0.25, 0.3) is 5.89 Å². The van der Waals surface area contributed by atoms with Gasteiger partial charge in [-0.2, -0.15) is 20.2 Å². The molecule has 0 unspecified atom stereocenters. The van der Waals surface area contributed by atoms with E-state index in [4.69, 9.17) is 30.8 Å². The number of nitrogens with zero attached hydrogens (tertiary/aromatic N) is 9. The summed E-state index contributed by atoms with van der Waals surface area (Å²) in [6, 6.07) is 14.7. The van der Waals surface area contributed by atoms with Crippen molar-refractivity contribution in [3.05, 3.63) is 70.5 Å². The fourth-order valence-electron chi connectivity index (χ4n) is 8.94. The van der Waals surface area contributed by atoms with Gasteiger partial charge in [0.15, 0.2) is 5.82 Å². The molecule has 2 aromatic carbocycles. The van der Waals surface area contributed by atoms with E-state index in [-0.39, 0.29) is 29.3 Å². The average molecular weight is 734 g/mol. The van der Waals surface area contributed by atoms with Crippen LogP contribution >= 0.6 is 11.6 Å². The van der Waals surface area contributed by atoms with E-state index in [2.05, 4.69) is 62.1 Å². The van der Waals surface area contributed by atoms with Gasteiger partial charge in [-0.05, 0) is 75.6 Å². The Morgan fingerprint density at radius 2 is 1.85 bits per heavy atom. The van der Waals surface area contributed by atoms with E-state index in [0.717, 1.165) is 90.3 Å². The van der Waals surface area contributed by atoms with Gasteiger partial charge in [0.1, 0.15) is 12.4 Å². The lowest BCUT2D eigenvalue weighted by Gasteiger charge is -2.42. The van der Waals surface area contributed by atoms with Crippen molar-refractivity contribution >= 4 is 45.9 Å². The Morgan fingerprint density at radius 1 is 1.04 bits per heavy atom. The number of fused-ring (bicyclic) bond motifs is 3. The molecular formula is C40H44ClN9O3. The van der Waals surface area contributed by atoms with Crippen molar-refractivity contribution < 1.29 is 14.1 Å². The van der Waals surface area contributed by atoms with Crippen LogP contribution in [0.5, 0.6) is 6.01 Å². The largest absolute Gasteiger partial charge is 0.461 e. The van der Waals surface area contributed by atoms with Crippen LogP contribution in [0.3, 0.4) is 0 Å². The zero-order valence-corrected chi connectivity index (χ0v) is 30.9. The van der Waals surface area contributed by atoms with E-state index in [1.165, 1.54) is 18.9 Å². The maximum absolute atomic E-state index is 13.5. The standard InChI is InChI=1S/C40H44ClN9O3/c1-39(16-17-39)37-44-33(53-46-37)10-11-34(51)50-23-22-48(24-28(50)12-18-42)36-29-13-21-47(32-9-3-7-27-6-2-8-30(41)35(27)32)25-31(29)43-38(45-36)52-26-40-14-4-19-49(40)20-5-15-40/h2-3,6-11,28H,4-5,12-17,19-26H2,1H3/b11-10+/t28-/m0/s1. The summed E-state index contributed by atoms with van der Waals surface area (Å²) in [6.45, 7) is 7.76. The minimum atomic E-state index is -0.327. The van der Waals surface area contributed by atoms with Crippen molar-refractivity contribution in [2.45, 2.75) is 81.8 Å². The number of hydrogen-bond donors (Lipinski definition) is 0. The van der Waals surface area contributed by atoms with Gasteiger partial charge in [-0.1, -0.05) is 47.9 Å². The fourth-order valence-corrected chi connectivity index (χ4v) is 9.21. The highest BCUT2D eigenvalue weighted by Crippen LogP contribution is 2.46. The Kier molecular flexibility index (Phi) is 8.74. The Labute approximate surface area is 314 Å². The van der Waals surface area contributed by atoms with Crippen LogP contribution in [0.2, 0.25) is 5.02 Å². The van der Waals surface area contributed by atoms with Crippen LogP contribution in [0, 0.1) is 11.3 Å². The first kappa shape index (κ1) is 34.1. The SMILES string of the molecule is CC1(c2noc(/C=C/C(=O)N3CCN(c4nc(OCC56CCCN5CCC6)nc5c4CCN(c4cccc6cccc(Cl)c46)C5)C[C@@H]3CC#N)n2)CC1. The molecule has 274 valence electrons. The molecule has 5 aliphatic rings. The van der Waals surface area contributed by atoms with Crippen molar-refractivity contribution in [2.75, 3.05) is 55.7 Å². The molecule has 4 aliphatic heterocycles. The molecule has 53 heavy (non-hydrogen) atoms. The smallest absolute Gasteiger partial charge is 0.318 e. The molecule has 3 saturated heterocycles. The van der Waals surface area contributed by atoms with Crippen molar-refractivity contribution in [1.29, 1.82) is 5.26 Å². The van der Waals surface area contributed by atoms with Gasteiger partial charge < -0.3 is 24.0 Å². The molecule has 2 aromatic heterocycles. The van der Waals surface area contributed by atoms with E-state index in [1.807, 2.05) is 12.1 Å². The molecule has 0 spiro atoms. The van der Waals surface area contributed by atoms with Gasteiger partial charge in [0.2, 0.25) is 5.91 Å². The number of carbonyl (C=O) groups is 1. The number of benzene rings is 2. The van der Waals surface area contributed by atoms with Crippen molar-refractivity contribution in [3.8, 4) is 12.1 Å². The third-order valence-electron chi connectivity index (χ3n) is 12.2. The van der Waals surface area contributed by atoms with Crippen molar-refractivity contribution in [3.63, 3.8) is 0 Å². The third kappa shape index (κ3) is 6.38. The first-order valence-electron chi connectivity index (χ1n) is 19.0. The summed E-state index contributed by atoms with van der Waals surface area (Å²) < 4.78 is 12.0. The topological polar surface area (TPSA) is 128 Å². The van der Waals surface area contributed by atoms with Gasteiger partial charge in [0, 0.05) is 60.4 Å². The number of amides is 1. The Bertz CT molecular complexity index is 2110. The molecule has 0 radical (unpaired) electrons. The molecule has 4 aromatic rings. The van der Waals surface area contributed by atoms with Gasteiger partial charge in [-0.25, -0.2) is 0 Å². The highest BCUT2D eigenvalue weighted by molar-refractivity contribution is 6.36. The highest BCUT2D eigenvalue weighted by Gasteiger charge is 2.45. The minimum absolute atomic E-state index is 0.0199. The summed E-state index contributed by atoms with van der Waals surface area (Å²) in [5.74, 6) is 1.65. The fraction of sp³-hybridized carbons (Fsp3) is 0.500. The van der Waals surface area contributed by atoms with E-state index in [1.54, 1.807) is 11.0 Å². The molecule has 1 atom stereocenters. The van der Waals surface area contributed by atoms with E-state index < -0.39 is 0 Å². The number of anilines is 2. The van der Waals surface area contributed by atoms with Crippen LogP contribution in [0.1, 0.15) is 74.8 Å². The monoisotopic (exact) mass is 733 g/mol. The normalized spacial score (nSPS) is 21.9. The molecule has 0 bridgehead atoms. The molecule has 0 N–H and O–H groups in total. The number of aromatic nitrogens is 4. The molecule has 12 nitrogen and oxygen atoms in total. The molecule has 1 amide bonds. The summed E-state index contributed by atoms with van der Waals surface area (Å²) in [6.07, 6.45) is 10.7. The summed E-state index contributed by atoms with van der Waals surface area (Å²) in [5.41, 5.74) is 3.15. The van der Waals surface area contributed by atoms with Gasteiger partial charge in [-0.15, -0.1) is 0 Å². The number of piperazine rings is 1. The third-order valence-corrected chi connectivity index (χ3v) is 12.5. The van der Waals surface area contributed by atoms with E-state index >= 15 is 0 Å². The zero-order valence-electron chi connectivity index (χ0n) is 30.1. The predicted molar refractivity (Wildman–Crippen MR) is 202 cm³/mol. The lowest BCUT2D eigenvalue weighted by molar-refractivity contribution is -0.128. The molecule has 13 heteroatoms. The number of nitriles is 1. The summed E-state index contributed by atoms with van der Waals surface area (Å²) in [4.78, 5) is 37.2. The quantitative estimate of drug-likeness (QED) is 0.190. The van der Waals surface area contributed by atoms with Crippen LogP contribution < -0.4 is 14.5 Å². The van der Waals surface area contributed by atoms with Crippen LogP contribution in [0.15, 0.2) is 47.0 Å². The number of hydrogen-bond acceptors (Lipinski definition) is 11. The predicted octanol–water partition coefficient (Wildman–Crippen LogP) is 5.93. The van der Waals surface area contributed by atoms with Gasteiger partial charge >= 0.3 is 6.01 Å². The lowest BCUT2D eigenvalue weighted by atomic mass is 9.95. The van der Waals surface area contributed by atoms with Crippen LogP contribution in [0.25, 0.3) is 16.8 Å². The number of halogens is 1. The maximum Gasteiger partial charge on any atom is 0.318 e. The Balaban J connectivity index is 0.992. The number of rotatable bonds is 9. The highest BCUT2D eigenvalue weighted by atomic mass is 35.5. The molecule has 4 fully saturated rings. The zero-order chi connectivity index (χ0) is 36.2. The van der Waals surface area contributed by atoms with Crippen molar-refractivity contribution in [2.24, 2.45) is 0 Å². The van der Waals surface area contributed by atoms with Gasteiger partial charge in [0.05, 0.1) is 41.3 Å². The van der Waals surface area contributed by atoms with E-state index in [0.29, 0.717) is 50.5 Å². The molecule has 6 heterocycles. The molecule has 1 aliphatic carbocycles.